The first kappa shape index (κ1) is 19.3. The summed E-state index contributed by atoms with van der Waals surface area (Å²) in [5.41, 5.74) is 7.42. The highest BCUT2D eigenvalue weighted by atomic mass is 32.1. The Morgan fingerprint density at radius 1 is 1.21 bits per heavy atom. The molecular formula is C21H21N3O4S. The van der Waals surface area contributed by atoms with Gasteiger partial charge in [-0.05, 0) is 49.8 Å². The summed E-state index contributed by atoms with van der Waals surface area (Å²) in [6.45, 7) is 3.64. The Bertz CT molecular complexity index is 1020. The van der Waals surface area contributed by atoms with Crippen LogP contribution in [0.1, 0.15) is 61.8 Å². The van der Waals surface area contributed by atoms with Crippen molar-refractivity contribution in [1.29, 1.82) is 0 Å². The number of anilines is 1. The summed E-state index contributed by atoms with van der Waals surface area (Å²) < 4.78 is 0. The van der Waals surface area contributed by atoms with Gasteiger partial charge in [-0.15, -0.1) is 11.3 Å². The van der Waals surface area contributed by atoms with Crippen molar-refractivity contribution in [2.75, 3.05) is 5.32 Å². The zero-order chi connectivity index (χ0) is 20.9. The molecule has 2 heterocycles. The van der Waals surface area contributed by atoms with Crippen molar-refractivity contribution in [3.8, 4) is 0 Å². The van der Waals surface area contributed by atoms with E-state index in [4.69, 9.17) is 5.73 Å². The van der Waals surface area contributed by atoms with E-state index in [2.05, 4.69) is 12.2 Å². The maximum atomic E-state index is 12.9. The normalized spacial score (nSPS) is 19.0. The zero-order valence-corrected chi connectivity index (χ0v) is 17.0. The highest BCUT2D eigenvalue weighted by Gasteiger charge is 2.41. The van der Waals surface area contributed by atoms with E-state index in [9.17, 15) is 19.2 Å². The highest BCUT2D eigenvalue weighted by Crippen LogP contribution is 2.39. The number of nitrogens with one attached hydrogen (secondary N) is 1. The van der Waals surface area contributed by atoms with Crippen molar-refractivity contribution >= 4 is 40.0 Å². The van der Waals surface area contributed by atoms with E-state index in [-0.39, 0.29) is 11.1 Å². The lowest BCUT2D eigenvalue weighted by Crippen LogP contribution is -2.45. The van der Waals surface area contributed by atoms with Crippen LogP contribution in [0.3, 0.4) is 0 Å². The summed E-state index contributed by atoms with van der Waals surface area (Å²) in [4.78, 5) is 52.2. The van der Waals surface area contributed by atoms with Gasteiger partial charge >= 0.3 is 0 Å². The molecule has 0 spiro atoms. The first-order valence-corrected chi connectivity index (χ1v) is 10.3. The lowest BCUT2D eigenvalue weighted by Gasteiger charge is -2.21. The number of imide groups is 1. The van der Waals surface area contributed by atoms with Crippen molar-refractivity contribution in [2.45, 2.75) is 39.2 Å². The van der Waals surface area contributed by atoms with Gasteiger partial charge in [-0.1, -0.05) is 19.1 Å². The molecule has 1 aliphatic carbocycles. The van der Waals surface area contributed by atoms with Crippen LogP contribution in [0.5, 0.6) is 0 Å². The summed E-state index contributed by atoms with van der Waals surface area (Å²) in [5, 5.41) is 3.13. The van der Waals surface area contributed by atoms with Crippen LogP contribution in [0, 0.1) is 5.92 Å². The molecule has 2 aliphatic rings. The Morgan fingerprint density at radius 3 is 2.41 bits per heavy atom. The van der Waals surface area contributed by atoms with Crippen LogP contribution in [0.15, 0.2) is 24.3 Å². The van der Waals surface area contributed by atoms with Crippen LogP contribution < -0.4 is 11.1 Å². The maximum Gasteiger partial charge on any atom is 0.262 e. The van der Waals surface area contributed by atoms with Gasteiger partial charge in [0.2, 0.25) is 5.91 Å². The number of primary amides is 1. The number of carbonyl (C=O) groups excluding carboxylic acids is 4. The van der Waals surface area contributed by atoms with Crippen LogP contribution in [0.2, 0.25) is 0 Å². The van der Waals surface area contributed by atoms with Gasteiger partial charge in [0.15, 0.2) is 0 Å². The molecule has 0 radical (unpaired) electrons. The topological polar surface area (TPSA) is 110 Å². The molecule has 3 N–H and O–H groups in total. The Hall–Kier alpha value is -3.00. The van der Waals surface area contributed by atoms with Gasteiger partial charge in [0, 0.05) is 4.88 Å². The highest BCUT2D eigenvalue weighted by molar-refractivity contribution is 7.17. The van der Waals surface area contributed by atoms with E-state index >= 15 is 0 Å². The fourth-order valence-electron chi connectivity index (χ4n) is 3.99. The lowest BCUT2D eigenvalue weighted by molar-refractivity contribution is -0.119. The molecule has 0 saturated carbocycles. The Morgan fingerprint density at radius 2 is 1.83 bits per heavy atom. The number of hydrogen-bond donors (Lipinski definition) is 2. The van der Waals surface area contributed by atoms with E-state index in [1.165, 1.54) is 18.3 Å². The largest absolute Gasteiger partial charge is 0.365 e. The molecule has 150 valence electrons. The van der Waals surface area contributed by atoms with Gasteiger partial charge in [0.25, 0.3) is 17.7 Å². The monoisotopic (exact) mass is 411 g/mol. The molecule has 1 aromatic carbocycles. The average molecular weight is 411 g/mol. The Labute approximate surface area is 171 Å². The van der Waals surface area contributed by atoms with Gasteiger partial charge in [-0.25, -0.2) is 0 Å². The van der Waals surface area contributed by atoms with Crippen LogP contribution in [0.4, 0.5) is 5.00 Å². The second-order valence-corrected chi connectivity index (χ2v) is 8.72. The van der Waals surface area contributed by atoms with Gasteiger partial charge < -0.3 is 11.1 Å². The molecule has 0 saturated heterocycles. The molecular weight excluding hydrogens is 390 g/mol. The molecule has 4 amide bonds. The molecule has 2 atom stereocenters. The number of fused-ring (bicyclic) bond motifs is 2. The third-order valence-electron chi connectivity index (χ3n) is 5.59. The van der Waals surface area contributed by atoms with E-state index in [1.54, 1.807) is 24.3 Å². The molecule has 2 aromatic rings. The number of hydrogen-bond acceptors (Lipinski definition) is 5. The van der Waals surface area contributed by atoms with Crippen molar-refractivity contribution in [2.24, 2.45) is 11.7 Å². The number of thiophene rings is 1. The Balaban J connectivity index is 1.60. The molecule has 0 unspecified atom stereocenters. The zero-order valence-electron chi connectivity index (χ0n) is 16.2. The molecule has 29 heavy (non-hydrogen) atoms. The quantitative estimate of drug-likeness (QED) is 0.754. The lowest BCUT2D eigenvalue weighted by atomic mass is 9.88. The molecule has 4 rings (SSSR count). The SMILES string of the molecule is C[C@@H]1CCc2c(sc(NC(=O)[C@H](C)N3C(=O)c4ccccc4C3=O)c2C(N)=O)C1. The van der Waals surface area contributed by atoms with E-state index in [0.717, 1.165) is 34.6 Å². The molecule has 0 bridgehead atoms. The van der Waals surface area contributed by atoms with Crippen LogP contribution in [0.25, 0.3) is 0 Å². The second-order valence-electron chi connectivity index (χ2n) is 7.61. The fraction of sp³-hybridized carbons (Fsp3) is 0.333. The number of rotatable bonds is 4. The minimum Gasteiger partial charge on any atom is -0.365 e. The molecule has 8 heteroatoms. The van der Waals surface area contributed by atoms with Crippen LogP contribution in [-0.4, -0.2) is 34.6 Å². The molecule has 0 fully saturated rings. The maximum absolute atomic E-state index is 12.9. The number of amides is 4. The van der Waals surface area contributed by atoms with Gasteiger partial charge in [-0.3, -0.25) is 24.1 Å². The van der Waals surface area contributed by atoms with E-state index in [1.807, 2.05) is 0 Å². The van der Waals surface area contributed by atoms with Crippen molar-refractivity contribution in [1.82, 2.24) is 4.90 Å². The van der Waals surface area contributed by atoms with Crippen LogP contribution >= 0.6 is 11.3 Å². The fourth-order valence-corrected chi connectivity index (χ4v) is 5.41. The number of nitrogens with two attached hydrogens (primary N) is 1. The Kier molecular flexibility index (Phi) is 4.74. The summed E-state index contributed by atoms with van der Waals surface area (Å²) in [6.07, 6.45) is 2.54. The van der Waals surface area contributed by atoms with Gasteiger partial charge in [0.05, 0.1) is 16.7 Å². The average Bonchev–Trinajstić information content (AvgIpc) is 3.16. The third-order valence-corrected chi connectivity index (χ3v) is 6.76. The number of carbonyl (C=O) groups is 4. The minimum atomic E-state index is -1.03. The number of benzene rings is 1. The third kappa shape index (κ3) is 3.13. The van der Waals surface area contributed by atoms with Crippen LogP contribution in [-0.2, 0) is 17.6 Å². The summed E-state index contributed by atoms with van der Waals surface area (Å²) >= 11 is 1.35. The summed E-state index contributed by atoms with van der Waals surface area (Å²) in [7, 11) is 0. The first-order valence-electron chi connectivity index (χ1n) is 9.51. The van der Waals surface area contributed by atoms with Gasteiger partial charge in [-0.2, -0.15) is 0 Å². The van der Waals surface area contributed by atoms with Crippen molar-refractivity contribution in [3.63, 3.8) is 0 Å². The predicted octanol–water partition coefficient (Wildman–Crippen LogP) is 2.60. The smallest absolute Gasteiger partial charge is 0.262 e. The number of nitrogens with zero attached hydrogens (tertiary/aromatic N) is 1. The second kappa shape index (κ2) is 7.11. The molecule has 1 aliphatic heterocycles. The molecule has 1 aromatic heterocycles. The minimum absolute atomic E-state index is 0.288. The van der Waals surface area contributed by atoms with Crippen molar-refractivity contribution < 1.29 is 19.2 Å². The predicted molar refractivity (Wildman–Crippen MR) is 109 cm³/mol. The standard InChI is InChI=1S/C21H21N3O4S/c1-10-7-8-14-15(9-10)29-19(16(14)17(22)25)23-18(26)11(2)24-20(27)12-5-3-4-6-13(12)21(24)28/h3-6,10-11H,7-9H2,1-2H3,(H2,22,25)(H,23,26)/t10-,11+/m1/s1. The summed E-state index contributed by atoms with van der Waals surface area (Å²) in [5.74, 6) is -1.61. The van der Waals surface area contributed by atoms with E-state index in [0.29, 0.717) is 16.5 Å². The summed E-state index contributed by atoms with van der Waals surface area (Å²) in [6, 6.07) is 5.46. The van der Waals surface area contributed by atoms with Gasteiger partial charge in [0.1, 0.15) is 11.0 Å². The molecule has 7 nitrogen and oxygen atoms in total. The van der Waals surface area contributed by atoms with E-state index < -0.39 is 29.7 Å². The van der Waals surface area contributed by atoms with Crippen molar-refractivity contribution in [3.05, 3.63) is 51.4 Å². The first-order chi connectivity index (χ1) is 13.8.